The van der Waals surface area contributed by atoms with Gasteiger partial charge < -0.3 is 0 Å². The molecule has 62 valence electrons. The number of halogens is 1. The van der Waals surface area contributed by atoms with Gasteiger partial charge in [-0.25, -0.2) is 4.98 Å². The van der Waals surface area contributed by atoms with Crippen LogP contribution in [-0.2, 0) is 0 Å². The molecule has 0 aliphatic rings. The lowest BCUT2D eigenvalue weighted by Gasteiger charge is -2.01. The summed E-state index contributed by atoms with van der Waals surface area (Å²) >= 11 is 0. The molecule has 0 fully saturated rings. The van der Waals surface area contributed by atoms with Crippen LogP contribution in [-0.4, -0.2) is 4.98 Å². The zero-order chi connectivity index (χ0) is 8.97. The number of hydrogen-bond acceptors (Lipinski definition) is 2. The van der Waals surface area contributed by atoms with E-state index >= 15 is 0 Å². The van der Waals surface area contributed by atoms with Crippen molar-refractivity contribution in [3.63, 3.8) is 0 Å². The smallest absolute Gasteiger partial charge is 0.212 e. The van der Waals surface area contributed by atoms with E-state index in [9.17, 15) is 4.39 Å². The summed E-state index contributed by atoms with van der Waals surface area (Å²) in [7, 11) is 0. The van der Waals surface area contributed by atoms with Crippen molar-refractivity contribution in [3.05, 3.63) is 40.3 Å². The van der Waals surface area contributed by atoms with Gasteiger partial charge in [0.25, 0.3) is 0 Å². The molecule has 12 heavy (non-hydrogen) atoms. The predicted octanol–water partition coefficient (Wildman–Crippen LogP) is 2.59. The summed E-state index contributed by atoms with van der Waals surface area (Å²) in [4.78, 5) is 6.07. The molecule has 4 nitrogen and oxygen atoms in total. The highest BCUT2D eigenvalue weighted by Gasteiger charge is 2.02. The molecule has 0 spiro atoms. The second-order valence-corrected chi connectivity index (χ2v) is 2.30. The van der Waals surface area contributed by atoms with E-state index in [0.717, 1.165) is 0 Å². The highest BCUT2D eigenvalue weighted by atomic mass is 19.1. The Balaban J connectivity index is 2.89. The minimum absolute atomic E-state index is 0.303. The van der Waals surface area contributed by atoms with Crippen molar-refractivity contribution in [1.82, 2.24) is 4.98 Å². The number of azide groups is 1. The molecule has 5 heteroatoms. The van der Waals surface area contributed by atoms with Crippen molar-refractivity contribution in [1.29, 1.82) is 0 Å². The predicted molar refractivity (Wildman–Crippen MR) is 41.8 cm³/mol. The summed E-state index contributed by atoms with van der Waals surface area (Å²) in [6.45, 7) is 1.72. The Morgan fingerprint density at radius 3 is 2.92 bits per heavy atom. The third-order valence-electron chi connectivity index (χ3n) is 1.46. The molecule has 0 radical (unpaired) electrons. The van der Waals surface area contributed by atoms with Gasteiger partial charge in [-0.05, 0) is 17.2 Å². The lowest BCUT2D eigenvalue weighted by atomic mass is 10.2. The Bertz CT molecular complexity index is 302. The molecule has 1 rings (SSSR count). The molecule has 0 aromatic carbocycles. The maximum atomic E-state index is 12.3. The molecule has 0 bridgehead atoms. The van der Waals surface area contributed by atoms with E-state index in [-0.39, 0.29) is 6.04 Å². The summed E-state index contributed by atoms with van der Waals surface area (Å²) in [5.41, 5.74) is 8.82. The highest BCUT2D eigenvalue weighted by molar-refractivity contribution is 5.13. The number of aromatic nitrogens is 1. The van der Waals surface area contributed by atoms with Crippen LogP contribution in [0.5, 0.6) is 0 Å². The van der Waals surface area contributed by atoms with E-state index in [1.54, 1.807) is 13.0 Å². The second kappa shape index (κ2) is 3.69. The summed E-state index contributed by atoms with van der Waals surface area (Å²) in [5.74, 6) is -0.535. The quantitative estimate of drug-likeness (QED) is 0.288. The van der Waals surface area contributed by atoms with E-state index in [1.807, 2.05) is 0 Å². The lowest BCUT2D eigenvalue weighted by Crippen LogP contribution is -1.90. The Labute approximate surface area is 68.7 Å². The van der Waals surface area contributed by atoms with E-state index in [2.05, 4.69) is 15.0 Å². The first-order chi connectivity index (χ1) is 5.74. The van der Waals surface area contributed by atoms with Crippen molar-refractivity contribution in [2.24, 2.45) is 5.11 Å². The van der Waals surface area contributed by atoms with Crippen LogP contribution in [0.4, 0.5) is 4.39 Å². The van der Waals surface area contributed by atoms with Crippen molar-refractivity contribution in [3.8, 4) is 0 Å². The fourth-order valence-electron chi connectivity index (χ4n) is 0.779. The minimum atomic E-state index is -0.535. The summed E-state index contributed by atoms with van der Waals surface area (Å²) in [6.07, 6.45) is 1.36. The summed E-state index contributed by atoms with van der Waals surface area (Å²) < 4.78 is 12.3. The van der Waals surface area contributed by atoms with Crippen molar-refractivity contribution < 1.29 is 4.39 Å². The Kier molecular flexibility index (Phi) is 2.61. The maximum absolute atomic E-state index is 12.3. The standard InChI is InChI=1S/C7H7FN4/c1-5(11-12-9)6-2-3-7(8)10-4-6/h2-5H,1H3/t5-/m0/s1. The first kappa shape index (κ1) is 8.49. The van der Waals surface area contributed by atoms with Crippen LogP contribution in [0.25, 0.3) is 10.4 Å². The molecular formula is C7H7FN4. The zero-order valence-electron chi connectivity index (χ0n) is 6.48. The van der Waals surface area contributed by atoms with Gasteiger partial charge >= 0.3 is 0 Å². The van der Waals surface area contributed by atoms with Crippen LogP contribution in [0.1, 0.15) is 18.5 Å². The Hall–Kier alpha value is -1.61. The number of hydrogen-bond donors (Lipinski definition) is 0. The number of nitrogens with zero attached hydrogens (tertiary/aromatic N) is 4. The normalized spacial score (nSPS) is 11.8. The molecule has 0 saturated carbocycles. The van der Waals surface area contributed by atoms with E-state index in [0.29, 0.717) is 5.56 Å². The molecule has 0 saturated heterocycles. The first-order valence-corrected chi connectivity index (χ1v) is 3.39. The van der Waals surface area contributed by atoms with Crippen molar-refractivity contribution in [2.75, 3.05) is 0 Å². The molecule has 1 aromatic heterocycles. The van der Waals surface area contributed by atoms with Gasteiger partial charge in [0.15, 0.2) is 0 Å². The molecular weight excluding hydrogens is 159 g/mol. The van der Waals surface area contributed by atoms with Gasteiger partial charge in [-0.2, -0.15) is 4.39 Å². The molecule has 1 atom stereocenters. The lowest BCUT2D eigenvalue weighted by molar-refractivity contribution is 0.580. The van der Waals surface area contributed by atoms with Gasteiger partial charge in [0.2, 0.25) is 5.95 Å². The average Bonchev–Trinajstić information content (AvgIpc) is 2.06. The third-order valence-corrected chi connectivity index (χ3v) is 1.46. The topological polar surface area (TPSA) is 61.7 Å². The van der Waals surface area contributed by atoms with Gasteiger partial charge in [0.1, 0.15) is 0 Å². The number of pyridine rings is 1. The highest BCUT2D eigenvalue weighted by Crippen LogP contribution is 2.14. The Morgan fingerprint density at radius 1 is 1.67 bits per heavy atom. The number of rotatable bonds is 2. The fraction of sp³-hybridized carbons (Fsp3) is 0.286. The van der Waals surface area contributed by atoms with Crippen LogP contribution >= 0.6 is 0 Å². The molecule has 0 aliphatic heterocycles. The van der Waals surface area contributed by atoms with Crippen LogP contribution in [0, 0.1) is 5.95 Å². The summed E-state index contributed by atoms with van der Waals surface area (Å²) in [5, 5.41) is 3.44. The van der Waals surface area contributed by atoms with Gasteiger partial charge in [-0.1, -0.05) is 18.1 Å². The SMILES string of the molecule is C[C@H](N=[N+]=[N-])c1ccc(F)nc1. The van der Waals surface area contributed by atoms with E-state index < -0.39 is 5.95 Å². The van der Waals surface area contributed by atoms with Crippen LogP contribution in [0.2, 0.25) is 0 Å². The van der Waals surface area contributed by atoms with E-state index in [4.69, 9.17) is 5.53 Å². The van der Waals surface area contributed by atoms with Gasteiger partial charge in [0.05, 0.1) is 6.04 Å². The van der Waals surface area contributed by atoms with Crippen LogP contribution in [0.15, 0.2) is 23.4 Å². The molecule has 0 amide bonds. The van der Waals surface area contributed by atoms with Crippen molar-refractivity contribution in [2.45, 2.75) is 13.0 Å². The zero-order valence-corrected chi connectivity index (χ0v) is 6.48. The van der Waals surface area contributed by atoms with Gasteiger partial charge in [-0.15, -0.1) is 0 Å². The van der Waals surface area contributed by atoms with Crippen molar-refractivity contribution >= 4 is 0 Å². The molecule has 0 N–H and O–H groups in total. The van der Waals surface area contributed by atoms with E-state index in [1.165, 1.54) is 12.3 Å². The Morgan fingerprint density at radius 2 is 2.42 bits per heavy atom. The molecule has 0 aliphatic carbocycles. The largest absolute Gasteiger partial charge is 0.228 e. The third kappa shape index (κ3) is 1.93. The monoisotopic (exact) mass is 166 g/mol. The fourth-order valence-corrected chi connectivity index (χ4v) is 0.779. The second-order valence-electron chi connectivity index (χ2n) is 2.30. The van der Waals surface area contributed by atoms with Crippen LogP contribution < -0.4 is 0 Å². The van der Waals surface area contributed by atoms with Gasteiger partial charge in [-0.3, -0.25) is 0 Å². The molecule has 0 unspecified atom stereocenters. The van der Waals surface area contributed by atoms with Gasteiger partial charge in [0, 0.05) is 11.1 Å². The average molecular weight is 166 g/mol. The molecule has 1 heterocycles. The summed E-state index contributed by atoms with van der Waals surface area (Å²) in [6, 6.07) is 2.48. The maximum Gasteiger partial charge on any atom is 0.212 e. The molecule has 1 aromatic rings. The van der Waals surface area contributed by atoms with Crippen LogP contribution in [0.3, 0.4) is 0 Å². The minimum Gasteiger partial charge on any atom is -0.228 e. The first-order valence-electron chi connectivity index (χ1n) is 3.39.